The van der Waals surface area contributed by atoms with Crippen molar-refractivity contribution in [3.8, 4) is 5.75 Å². The van der Waals surface area contributed by atoms with Gasteiger partial charge in [-0.25, -0.2) is 9.97 Å². The quantitative estimate of drug-likeness (QED) is 0.657. The standard InChI is InChI=1S/C20H20ClN5O2/c1-26(10-7-14-5-8-22-9-6-14)19-13-23-17(12-24-19)20(27)25-15-3-4-18(28-2)16(21)11-15/h3-6,8-9,11-13H,7,10H2,1-2H3,(H,25,27). The van der Waals surface area contributed by atoms with Crippen molar-refractivity contribution in [2.75, 3.05) is 30.9 Å². The first-order chi connectivity index (χ1) is 13.6. The Balaban J connectivity index is 1.60. The molecule has 0 atom stereocenters. The number of anilines is 2. The molecular formula is C20H20ClN5O2. The SMILES string of the molecule is COc1ccc(NC(=O)c2cnc(N(C)CCc3ccncc3)cn2)cc1Cl. The molecule has 0 unspecified atom stereocenters. The fraction of sp³-hybridized carbons (Fsp3) is 0.200. The summed E-state index contributed by atoms with van der Waals surface area (Å²) in [6.45, 7) is 0.772. The molecule has 3 rings (SSSR count). The van der Waals surface area contributed by atoms with E-state index in [4.69, 9.17) is 16.3 Å². The molecule has 2 aromatic heterocycles. The molecule has 0 fully saturated rings. The van der Waals surface area contributed by atoms with Crippen molar-refractivity contribution < 1.29 is 9.53 Å². The summed E-state index contributed by atoms with van der Waals surface area (Å²) in [5.41, 5.74) is 1.97. The third-order valence-corrected chi connectivity index (χ3v) is 4.45. The minimum atomic E-state index is -0.361. The number of rotatable bonds is 7. The number of ether oxygens (including phenoxy) is 1. The van der Waals surface area contributed by atoms with Crippen molar-refractivity contribution in [2.45, 2.75) is 6.42 Å². The van der Waals surface area contributed by atoms with Crippen molar-refractivity contribution in [3.63, 3.8) is 0 Å². The summed E-state index contributed by atoms with van der Waals surface area (Å²) in [5.74, 6) is 0.872. The Bertz CT molecular complexity index is 935. The zero-order valence-electron chi connectivity index (χ0n) is 15.6. The smallest absolute Gasteiger partial charge is 0.275 e. The van der Waals surface area contributed by atoms with Gasteiger partial charge in [-0.3, -0.25) is 9.78 Å². The van der Waals surface area contributed by atoms with E-state index in [1.807, 2.05) is 24.1 Å². The van der Waals surface area contributed by atoms with E-state index < -0.39 is 0 Å². The van der Waals surface area contributed by atoms with E-state index in [0.717, 1.165) is 13.0 Å². The molecule has 144 valence electrons. The molecule has 1 N–H and O–H groups in total. The van der Waals surface area contributed by atoms with E-state index in [9.17, 15) is 4.79 Å². The number of carbonyl (C=O) groups is 1. The lowest BCUT2D eigenvalue weighted by Gasteiger charge is -2.17. The molecule has 0 saturated heterocycles. The van der Waals surface area contributed by atoms with E-state index in [0.29, 0.717) is 22.3 Å². The van der Waals surface area contributed by atoms with Gasteiger partial charge in [0, 0.05) is 31.7 Å². The fourth-order valence-corrected chi connectivity index (χ4v) is 2.79. The van der Waals surface area contributed by atoms with Crippen LogP contribution in [-0.2, 0) is 6.42 Å². The Morgan fingerprint density at radius 1 is 1.18 bits per heavy atom. The summed E-state index contributed by atoms with van der Waals surface area (Å²) in [6, 6.07) is 8.98. The number of hydrogen-bond acceptors (Lipinski definition) is 6. The van der Waals surface area contributed by atoms with E-state index in [1.54, 1.807) is 36.8 Å². The summed E-state index contributed by atoms with van der Waals surface area (Å²) < 4.78 is 5.10. The number of nitrogens with one attached hydrogen (secondary N) is 1. The molecule has 8 heteroatoms. The monoisotopic (exact) mass is 397 g/mol. The Kier molecular flexibility index (Phi) is 6.39. The lowest BCUT2D eigenvalue weighted by atomic mass is 10.2. The van der Waals surface area contributed by atoms with Crippen LogP contribution in [0, 0.1) is 0 Å². The van der Waals surface area contributed by atoms with Gasteiger partial charge in [-0.1, -0.05) is 11.6 Å². The van der Waals surface area contributed by atoms with Crippen molar-refractivity contribution in [1.82, 2.24) is 15.0 Å². The van der Waals surface area contributed by atoms with Crippen molar-refractivity contribution >= 4 is 29.0 Å². The number of benzene rings is 1. The number of hydrogen-bond donors (Lipinski definition) is 1. The Morgan fingerprint density at radius 3 is 2.61 bits per heavy atom. The van der Waals surface area contributed by atoms with Crippen LogP contribution in [0.3, 0.4) is 0 Å². The van der Waals surface area contributed by atoms with Crippen LogP contribution >= 0.6 is 11.6 Å². The van der Waals surface area contributed by atoms with Gasteiger partial charge in [0.2, 0.25) is 0 Å². The van der Waals surface area contributed by atoms with Gasteiger partial charge in [0.25, 0.3) is 5.91 Å². The number of pyridine rings is 1. The van der Waals surface area contributed by atoms with E-state index >= 15 is 0 Å². The van der Waals surface area contributed by atoms with Gasteiger partial charge >= 0.3 is 0 Å². The van der Waals surface area contributed by atoms with Crippen LogP contribution in [0.1, 0.15) is 16.1 Å². The molecule has 28 heavy (non-hydrogen) atoms. The molecule has 0 aliphatic rings. The van der Waals surface area contributed by atoms with Crippen molar-refractivity contribution in [1.29, 1.82) is 0 Å². The first-order valence-corrected chi connectivity index (χ1v) is 9.01. The number of halogens is 1. The minimum Gasteiger partial charge on any atom is -0.495 e. The van der Waals surface area contributed by atoms with Crippen molar-refractivity contribution in [3.05, 3.63) is 71.4 Å². The van der Waals surface area contributed by atoms with Gasteiger partial charge in [0.1, 0.15) is 17.3 Å². The Hall–Kier alpha value is -3.19. The lowest BCUT2D eigenvalue weighted by Crippen LogP contribution is -2.22. The highest BCUT2D eigenvalue weighted by atomic mass is 35.5. The Morgan fingerprint density at radius 2 is 1.96 bits per heavy atom. The number of methoxy groups -OCH3 is 1. The van der Waals surface area contributed by atoms with Gasteiger partial charge < -0.3 is 15.0 Å². The van der Waals surface area contributed by atoms with Crippen LogP contribution in [0.5, 0.6) is 5.75 Å². The minimum absolute atomic E-state index is 0.221. The highest BCUT2D eigenvalue weighted by molar-refractivity contribution is 6.32. The first-order valence-electron chi connectivity index (χ1n) is 8.64. The number of nitrogens with zero attached hydrogens (tertiary/aromatic N) is 4. The highest BCUT2D eigenvalue weighted by Gasteiger charge is 2.11. The summed E-state index contributed by atoms with van der Waals surface area (Å²) in [7, 11) is 3.47. The second kappa shape index (κ2) is 9.14. The van der Waals surface area contributed by atoms with Crippen molar-refractivity contribution in [2.24, 2.45) is 0 Å². The average molecular weight is 398 g/mol. The molecule has 0 aliphatic carbocycles. The molecule has 1 amide bonds. The predicted octanol–water partition coefficient (Wildman–Crippen LogP) is 3.46. The second-order valence-corrected chi connectivity index (χ2v) is 6.50. The maximum Gasteiger partial charge on any atom is 0.275 e. The molecule has 0 spiro atoms. The first kappa shape index (κ1) is 19.6. The average Bonchev–Trinajstić information content (AvgIpc) is 2.73. The van der Waals surface area contributed by atoms with Gasteiger partial charge in [-0.2, -0.15) is 0 Å². The summed E-state index contributed by atoms with van der Waals surface area (Å²) in [5, 5.41) is 3.16. The second-order valence-electron chi connectivity index (χ2n) is 6.09. The summed E-state index contributed by atoms with van der Waals surface area (Å²) >= 11 is 6.08. The molecule has 0 bridgehead atoms. The van der Waals surface area contributed by atoms with Gasteiger partial charge in [-0.15, -0.1) is 0 Å². The van der Waals surface area contributed by atoms with E-state index in [-0.39, 0.29) is 11.6 Å². The third-order valence-electron chi connectivity index (χ3n) is 4.16. The maximum atomic E-state index is 12.4. The Labute approximate surface area is 168 Å². The molecule has 7 nitrogen and oxygen atoms in total. The van der Waals surface area contributed by atoms with E-state index in [1.165, 1.54) is 18.9 Å². The largest absolute Gasteiger partial charge is 0.495 e. The maximum absolute atomic E-state index is 12.4. The molecule has 1 aromatic carbocycles. The molecule has 0 radical (unpaired) electrons. The normalized spacial score (nSPS) is 10.4. The number of aromatic nitrogens is 3. The van der Waals surface area contributed by atoms with Crippen LogP contribution in [0.25, 0.3) is 0 Å². The van der Waals surface area contributed by atoms with Crippen LogP contribution < -0.4 is 15.0 Å². The molecule has 2 heterocycles. The topological polar surface area (TPSA) is 80.2 Å². The van der Waals surface area contributed by atoms with Gasteiger partial charge in [0.15, 0.2) is 0 Å². The van der Waals surface area contributed by atoms with Crippen LogP contribution in [0.15, 0.2) is 55.1 Å². The highest BCUT2D eigenvalue weighted by Crippen LogP contribution is 2.27. The molecule has 0 aliphatic heterocycles. The lowest BCUT2D eigenvalue weighted by molar-refractivity contribution is 0.102. The number of likely N-dealkylation sites (N-methyl/N-ethyl adjacent to an activating group) is 1. The zero-order valence-corrected chi connectivity index (χ0v) is 16.3. The molecule has 3 aromatic rings. The van der Waals surface area contributed by atoms with Crippen LogP contribution in [-0.4, -0.2) is 41.6 Å². The van der Waals surface area contributed by atoms with Crippen LogP contribution in [0.2, 0.25) is 5.02 Å². The fourth-order valence-electron chi connectivity index (χ4n) is 2.54. The zero-order chi connectivity index (χ0) is 19.9. The van der Waals surface area contributed by atoms with Gasteiger partial charge in [0.05, 0.1) is 24.5 Å². The number of amides is 1. The molecular weight excluding hydrogens is 378 g/mol. The molecule has 0 saturated carbocycles. The number of carbonyl (C=O) groups excluding carboxylic acids is 1. The summed E-state index contributed by atoms with van der Waals surface area (Å²) in [6.07, 6.45) is 7.46. The van der Waals surface area contributed by atoms with Crippen LogP contribution in [0.4, 0.5) is 11.5 Å². The predicted molar refractivity (Wildman–Crippen MR) is 109 cm³/mol. The third kappa shape index (κ3) is 4.95. The summed E-state index contributed by atoms with van der Waals surface area (Å²) in [4.78, 5) is 26.9. The van der Waals surface area contributed by atoms with Gasteiger partial charge in [-0.05, 0) is 42.3 Å². The van der Waals surface area contributed by atoms with E-state index in [2.05, 4.69) is 20.3 Å².